The van der Waals surface area contributed by atoms with Crippen molar-refractivity contribution in [2.75, 3.05) is 6.26 Å². The highest BCUT2D eigenvalue weighted by Crippen LogP contribution is 2.34. The van der Waals surface area contributed by atoms with Crippen molar-refractivity contribution in [2.24, 2.45) is 0 Å². The van der Waals surface area contributed by atoms with Gasteiger partial charge in [0.25, 0.3) is 0 Å². The summed E-state index contributed by atoms with van der Waals surface area (Å²) in [6, 6.07) is 13.9. The quantitative estimate of drug-likeness (QED) is 0.234. The van der Waals surface area contributed by atoms with E-state index in [1.54, 1.807) is 18.2 Å². The van der Waals surface area contributed by atoms with Crippen LogP contribution in [0.5, 0.6) is 0 Å². The third kappa shape index (κ3) is 5.80. The molecule has 0 aliphatic rings. The molecule has 0 spiro atoms. The maximum absolute atomic E-state index is 15.0. The maximum Gasteiger partial charge on any atom is 0.434 e. The second-order valence-corrected chi connectivity index (χ2v) is 12.0. The summed E-state index contributed by atoms with van der Waals surface area (Å²) in [5.41, 5.74) is 1.01. The average Bonchev–Trinajstić information content (AvgIpc) is 3.55. The highest BCUT2D eigenvalue weighted by atomic mass is 35.5. The van der Waals surface area contributed by atoms with E-state index in [4.69, 9.17) is 11.6 Å². The van der Waals surface area contributed by atoms with Crippen molar-refractivity contribution in [1.29, 1.82) is 0 Å². The van der Waals surface area contributed by atoms with Crippen LogP contribution in [0.15, 0.2) is 71.9 Å². The van der Waals surface area contributed by atoms with Gasteiger partial charge in [0, 0.05) is 29.5 Å². The molecular weight excluding hydrogens is 598 g/mol. The monoisotopic (exact) mass is 619 g/mol. The maximum atomic E-state index is 15.0. The Balaban J connectivity index is 1.72. The number of hydrogen-bond donors (Lipinski definition) is 1. The molecule has 2 aromatic heterocycles. The number of rotatable bonds is 7. The summed E-state index contributed by atoms with van der Waals surface area (Å²) in [5, 5.41) is 18.3. The minimum Gasteiger partial charge on any atom is -0.392 e. The molecule has 218 valence electrons. The second kappa shape index (κ2) is 11.0. The predicted octanol–water partition coefficient (Wildman–Crippen LogP) is 5.73. The number of benzene rings is 3. The summed E-state index contributed by atoms with van der Waals surface area (Å²) in [6.07, 6.45) is -1.08. The van der Waals surface area contributed by atoms with E-state index in [2.05, 4.69) is 15.3 Å². The summed E-state index contributed by atoms with van der Waals surface area (Å²) in [4.78, 5) is 3.29. The van der Waals surface area contributed by atoms with E-state index in [1.165, 1.54) is 40.6 Å². The molecule has 0 unspecified atom stereocenters. The molecule has 0 fully saturated rings. The van der Waals surface area contributed by atoms with Gasteiger partial charge in [0.15, 0.2) is 15.5 Å². The molecule has 0 aliphatic heterocycles. The van der Waals surface area contributed by atoms with Gasteiger partial charge in [0.05, 0.1) is 34.8 Å². The van der Waals surface area contributed by atoms with Gasteiger partial charge in [-0.05, 0) is 60.0 Å². The number of aromatic nitrogens is 5. The molecule has 3 aromatic carbocycles. The molecule has 2 heterocycles. The van der Waals surface area contributed by atoms with E-state index in [0.717, 1.165) is 24.1 Å². The molecule has 0 bridgehead atoms. The molecule has 1 N–H and O–H groups in total. The molecule has 5 aromatic rings. The van der Waals surface area contributed by atoms with Gasteiger partial charge >= 0.3 is 6.18 Å². The van der Waals surface area contributed by atoms with Crippen LogP contribution in [-0.4, -0.2) is 44.3 Å². The predicted molar refractivity (Wildman–Crippen MR) is 147 cm³/mol. The fourth-order valence-electron chi connectivity index (χ4n) is 4.58. The lowest BCUT2D eigenvalue weighted by molar-refractivity contribution is -0.141. The number of halogens is 5. The zero-order chi connectivity index (χ0) is 30.4. The summed E-state index contributed by atoms with van der Waals surface area (Å²) >= 11 is 6.01. The van der Waals surface area contributed by atoms with Gasteiger partial charge in [-0.3, -0.25) is 0 Å². The minimum absolute atomic E-state index is 0.0494. The largest absolute Gasteiger partial charge is 0.434 e. The number of sulfone groups is 1. The average molecular weight is 620 g/mol. The van der Waals surface area contributed by atoms with E-state index in [9.17, 15) is 31.1 Å². The highest BCUT2D eigenvalue weighted by molar-refractivity contribution is 7.90. The normalized spacial score (nSPS) is 12.2. The van der Waals surface area contributed by atoms with Crippen molar-refractivity contribution in [3.63, 3.8) is 0 Å². The molecule has 8 nitrogen and oxygen atoms in total. The van der Waals surface area contributed by atoms with Crippen molar-refractivity contribution >= 4 is 21.4 Å². The standard InChI is InChI=1S/C28H22ClF4N5O3S/c1-16-35-27(28(31,32)33)14-37(16)24-8-5-18(19-10-23(30)22(15-39)26(12-19)42(2,40)41)11-25(24)38-21(13-34-36-38)9-17-3-6-20(29)7-4-17/h3-8,10-14,39H,9,15H2,1-2H3. The number of imidazole rings is 1. The summed E-state index contributed by atoms with van der Waals surface area (Å²) < 4.78 is 83.0. The zero-order valence-corrected chi connectivity index (χ0v) is 23.6. The Morgan fingerprint density at radius 3 is 2.33 bits per heavy atom. The van der Waals surface area contributed by atoms with E-state index < -0.39 is 34.1 Å². The third-order valence-corrected chi connectivity index (χ3v) is 8.01. The smallest absolute Gasteiger partial charge is 0.392 e. The Morgan fingerprint density at radius 1 is 1.00 bits per heavy atom. The molecule has 0 amide bonds. The summed E-state index contributed by atoms with van der Waals surface area (Å²) in [5.74, 6) is -0.876. The number of aliphatic hydroxyl groups excluding tert-OH is 1. The second-order valence-electron chi connectivity index (χ2n) is 9.55. The Kier molecular flexibility index (Phi) is 7.68. The Labute approximate surface area is 242 Å². The van der Waals surface area contributed by atoms with Crippen molar-refractivity contribution in [1.82, 2.24) is 24.5 Å². The Bertz CT molecular complexity index is 1900. The SMILES string of the molecule is Cc1nc(C(F)(F)F)cn1-c1ccc(-c2cc(F)c(CO)c(S(C)(=O)=O)c2)cc1-n1nncc1Cc1ccc(Cl)cc1. The number of aryl methyl sites for hydroxylation is 1. The zero-order valence-electron chi connectivity index (χ0n) is 22.1. The molecule has 14 heteroatoms. The first-order chi connectivity index (χ1) is 19.8. The van der Waals surface area contributed by atoms with Crippen molar-refractivity contribution < 1.29 is 31.1 Å². The fourth-order valence-corrected chi connectivity index (χ4v) is 5.66. The molecule has 0 atom stereocenters. The topological polar surface area (TPSA) is 103 Å². The Morgan fingerprint density at radius 2 is 1.71 bits per heavy atom. The van der Waals surface area contributed by atoms with Gasteiger partial charge in [0.2, 0.25) is 0 Å². The minimum atomic E-state index is -4.68. The number of aliphatic hydroxyl groups is 1. The molecule has 0 saturated heterocycles. The molecule has 5 rings (SSSR count). The number of nitrogens with zero attached hydrogens (tertiary/aromatic N) is 5. The summed E-state index contributed by atoms with van der Waals surface area (Å²) in [6.45, 7) is 0.595. The van der Waals surface area contributed by atoms with Gasteiger partial charge < -0.3 is 9.67 Å². The molecule has 42 heavy (non-hydrogen) atoms. The third-order valence-electron chi connectivity index (χ3n) is 6.60. The van der Waals surface area contributed by atoms with E-state index in [1.807, 2.05) is 12.1 Å². The van der Waals surface area contributed by atoms with Gasteiger partial charge in [-0.25, -0.2) is 22.5 Å². The molecule has 0 aliphatic carbocycles. The highest BCUT2D eigenvalue weighted by Gasteiger charge is 2.35. The van der Waals surface area contributed by atoms with Crippen LogP contribution in [0.1, 0.15) is 28.3 Å². The lowest BCUT2D eigenvalue weighted by atomic mass is 10.0. The van der Waals surface area contributed by atoms with Crippen LogP contribution in [0.2, 0.25) is 5.02 Å². The van der Waals surface area contributed by atoms with Gasteiger partial charge in [-0.2, -0.15) is 13.2 Å². The fraction of sp³-hybridized carbons (Fsp3) is 0.179. The van der Waals surface area contributed by atoms with Crippen molar-refractivity contribution in [3.8, 4) is 22.5 Å². The molecule has 0 saturated carbocycles. The van der Waals surface area contributed by atoms with E-state index in [-0.39, 0.29) is 33.2 Å². The van der Waals surface area contributed by atoms with Crippen LogP contribution in [-0.2, 0) is 29.0 Å². The van der Waals surface area contributed by atoms with Crippen molar-refractivity contribution in [3.05, 3.63) is 106 Å². The number of hydrogen-bond acceptors (Lipinski definition) is 6. The van der Waals surface area contributed by atoms with Crippen LogP contribution in [0.4, 0.5) is 17.6 Å². The Hall–Kier alpha value is -4.07. The first kappa shape index (κ1) is 29.4. The van der Waals surface area contributed by atoms with Crippen LogP contribution < -0.4 is 0 Å². The van der Waals surface area contributed by atoms with Crippen LogP contribution >= 0.6 is 11.6 Å². The first-order valence-electron chi connectivity index (χ1n) is 12.3. The lowest BCUT2D eigenvalue weighted by Gasteiger charge is -2.17. The summed E-state index contributed by atoms with van der Waals surface area (Å²) in [7, 11) is -3.92. The van der Waals surface area contributed by atoms with Crippen LogP contribution in [0.3, 0.4) is 0 Å². The van der Waals surface area contributed by atoms with Gasteiger partial charge in [0.1, 0.15) is 11.6 Å². The molecular formula is C28H22ClF4N5O3S. The lowest BCUT2D eigenvalue weighted by Crippen LogP contribution is -2.09. The van der Waals surface area contributed by atoms with E-state index >= 15 is 0 Å². The van der Waals surface area contributed by atoms with E-state index in [0.29, 0.717) is 22.7 Å². The molecule has 0 radical (unpaired) electrons. The van der Waals surface area contributed by atoms with Gasteiger partial charge in [-0.15, -0.1) is 5.10 Å². The van der Waals surface area contributed by atoms with Crippen LogP contribution in [0.25, 0.3) is 22.5 Å². The first-order valence-corrected chi connectivity index (χ1v) is 14.6. The van der Waals surface area contributed by atoms with Crippen LogP contribution in [0, 0.1) is 12.7 Å². The number of alkyl halides is 3. The van der Waals surface area contributed by atoms with Gasteiger partial charge in [-0.1, -0.05) is 35.0 Å². The van der Waals surface area contributed by atoms with Crippen molar-refractivity contribution in [2.45, 2.75) is 31.0 Å².